The summed E-state index contributed by atoms with van der Waals surface area (Å²) in [5.41, 5.74) is 1.00. The van der Waals surface area contributed by atoms with E-state index in [2.05, 4.69) is 0 Å². The molecule has 0 bridgehead atoms. The molecule has 0 atom stereocenters. The van der Waals surface area contributed by atoms with E-state index in [0.717, 1.165) is 23.8 Å². The van der Waals surface area contributed by atoms with Crippen LogP contribution in [-0.4, -0.2) is 11.7 Å². The van der Waals surface area contributed by atoms with E-state index in [0.29, 0.717) is 5.75 Å². The molecule has 0 aliphatic heterocycles. The number of hydrogen-bond donors (Lipinski definition) is 1. The van der Waals surface area contributed by atoms with Crippen molar-refractivity contribution in [2.75, 3.05) is 6.61 Å². The molecule has 14 heavy (non-hydrogen) atoms. The summed E-state index contributed by atoms with van der Waals surface area (Å²) in [5, 5.41) is 9.22. The van der Waals surface area contributed by atoms with Crippen molar-refractivity contribution in [3.63, 3.8) is 0 Å². The molecule has 0 heterocycles. The monoisotopic (exact) mass is 192 g/mol. The Hall–Kier alpha value is -1.18. The highest BCUT2D eigenvalue weighted by atomic mass is 16.5. The number of phenolic OH excluding ortho intramolecular Hbond substituents is 1. The molecule has 1 aliphatic rings. The summed E-state index contributed by atoms with van der Waals surface area (Å²) in [6, 6.07) is 5.24. The molecule has 1 aliphatic carbocycles. The second kappa shape index (κ2) is 3.91. The second-order valence-electron chi connectivity index (χ2n) is 4.06. The molecule has 0 amide bonds. The first-order chi connectivity index (χ1) is 6.75. The first-order valence-corrected chi connectivity index (χ1v) is 5.18. The summed E-state index contributed by atoms with van der Waals surface area (Å²) in [6.07, 6.45) is 3.96. The number of hydrogen-bond acceptors (Lipinski definition) is 2. The normalized spacial score (nSPS) is 16.4. The van der Waals surface area contributed by atoms with E-state index in [1.165, 1.54) is 19.3 Å². The predicted octanol–water partition coefficient (Wildman–Crippen LogP) is 2.88. The smallest absolute Gasteiger partial charge is 0.122 e. The topological polar surface area (TPSA) is 29.5 Å². The Morgan fingerprint density at radius 3 is 2.79 bits per heavy atom. The minimum absolute atomic E-state index is 0.304. The highest BCUT2D eigenvalue weighted by Crippen LogP contribution is 2.28. The maximum atomic E-state index is 9.22. The lowest BCUT2D eigenvalue weighted by Gasteiger charge is -2.25. The van der Waals surface area contributed by atoms with E-state index < -0.39 is 0 Å². The third kappa shape index (κ3) is 2.00. The van der Waals surface area contributed by atoms with Gasteiger partial charge >= 0.3 is 0 Å². The van der Waals surface area contributed by atoms with Crippen LogP contribution >= 0.6 is 0 Å². The number of rotatable bonds is 3. The van der Waals surface area contributed by atoms with Crippen LogP contribution in [0.15, 0.2) is 18.2 Å². The third-order valence-electron chi connectivity index (χ3n) is 2.86. The molecule has 1 saturated carbocycles. The summed E-state index contributed by atoms with van der Waals surface area (Å²) < 4.78 is 5.68. The fraction of sp³-hybridized carbons (Fsp3) is 0.500. The first-order valence-electron chi connectivity index (χ1n) is 5.18. The Bertz CT molecular complexity index is 316. The van der Waals surface area contributed by atoms with Gasteiger partial charge < -0.3 is 9.84 Å². The standard InChI is InChI=1S/C12H16O2/c1-9-7-11(13)5-6-12(9)14-8-10-3-2-4-10/h5-7,10,13H,2-4,8H2,1H3. The van der Waals surface area contributed by atoms with Gasteiger partial charge in [-0.15, -0.1) is 0 Å². The van der Waals surface area contributed by atoms with Crippen LogP contribution in [0.4, 0.5) is 0 Å². The van der Waals surface area contributed by atoms with E-state index in [-0.39, 0.29) is 0 Å². The SMILES string of the molecule is Cc1cc(O)ccc1OCC1CCC1. The van der Waals surface area contributed by atoms with Gasteiger partial charge in [0.05, 0.1) is 6.61 Å². The van der Waals surface area contributed by atoms with E-state index >= 15 is 0 Å². The summed E-state index contributed by atoms with van der Waals surface area (Å²) in [5.74, 6) is 1.95. The van der Waals surface area contributed by atoms with Crippen LogP contribution in [0.3, 0.4) is 0 Å². The van der Waals surface area contributed by atoms with E-state index in [1.54, 1.807) is 12.1 Å². The van der Waals surface area contributed by atoms with Crippen molar-refractivity contribution < 1.29 is 9.84 Å². The van der Waals surface area contributed by atoms with Gasteiger partial charge in [0.2, 0.25) is 0 Å². The molecule has 0 unspecified atom stereocenters. The van der Waals surface area contributed by atoms with Crippen molar-refractivity contribution in [3.8, 4) is 11.5 Å². The maximum absolute atomic E-state index is 9.22. The maximum Gasteiger partial charge on any atom is 0.122 e. The zero-order valence-electron chi connectivity index (χ0n) is 8.49. The van der Waals surface area contributed by atoms with Gasteiger partial charge in [-0.3, -0.25) is 0 Å². The fourth-order valence-electron chi connectivity index (χ4n) is 1.66. The first kappa shape index (κ1) is 9.38. The summed E-state index contributed by atoms with van der Waals surface area (Å²) >= 11 is 0. The van der Waals surface area contributed by atoms with Crippen LogP contribution in [0.25, 0.3) is 0 Å². The molecule has 0 spiro atoms. The average molecular weight is 192 g/mol. The van der Waals surface area contributed by atoms with Gasteiger partial charge in [-0.05, 0) is 49.4 Å². The Labute approximate surface area is 84.5 Å². The zero-order chi connectivity index (χ0) is 9.97. The van der Waals surface area contributed by atoms with Crippen LogP contribution in [0.5, 0.6) is 11.5 Å². The van der Waals surface area contributed by atoms with E-state index in [4.69, 9.17) is 4.74 Å². The van der Waals surface area contributed by atoms with Gasteiger partial charge in [-0.1, -0.05) is 6.42 Å². The Morgan fingerprint density at radius 1 is 1.43 bits per heavy atom. The molecule has 2 heteroatoms. The number of benzene rings is 1. The van der Waals surface area contributed by atoms with Crippen LogP contribution in [0.2, 0.25) is 0 Å². The molecular weight excluding hydrogens is 176 g/mol. The molecule has 1 N–H and O–H groups in total. The zero-order valence-corrected chi connectivity index (χ0v) is 8.49. The number of ether oxygens (including phenoxy) is 1. The Balaban J connectivity index is 1.94. The molecule has 76 valence electrons. The van der Waals surface area contributed by atoms with Gasteiger partial charge in [-0.25, -0.2) is 0 Å². The lowest BCUT2D eigenvalue weighted by atomic mass is 9.86. The average Bonchev–Trinajstić information content (AvgIpc) is 2.05. The molecule has 1 aromatic carbocycles. The molecule has 0 aromatic heterocycles. The van der Waals surface area contributed by atoms with Crippen molar-refractivity contribution >= 4 is 0 Å². The van der Waals surface area contributed by atoms with Gasteiger partial charge in [-0.2, -0.15) is 0 Å². The lowest BCUT2D eigenvalue weighted by molar-refractivity contribution is 0.180. The van der Waals surface area contributed by atoms with Crippen LogP contribution in [-0.2, 0) is 0 Å². The Kier molecular flexibility index (Phi) is 2.62. The summed E-state index contributed by atoms with van der Waals surface area (Å²) in [7, 11) is 0. The van der Waals surface area contributed by atoms with Gasteiger partial charge in [0.1, 0.15) is 11.5 Å². The van der Waals surface area contributed by atoms with Crippen molar-refractivity contribution in [1.82, 2.24) is 0 Å². The summed E-state index contributed by atoms with van der Waals surface area (Å²) in [4.78, 5) is 0. The molecule has 2 rings (SSSR count). The quantitative estimate of drug-likeness (QED) is 0.798. The number of aromatic hydroxyl groups is 1. The second-order valence-corrected chi connectivity index (χ2v) is 4.06. The molecule has 0 radical (unpaired) electrons. The van der Waals surface area contributed by atoms with Crippen molar-refractivity contribution in [2.45, 2.75) is 26.2 Å². The Morgan fingerprint density at radius 2 is 2.21 bits per heavy atom. The minimum Gasteiger partial charge on any atom is -0.508 e. The molecule has 2 nitrogen and oxygen atoms in total. The summed E-state index contributed by atoms with van der Waals surface area (Å²) in [6.45, 7) is 2.78. The highest BCUT2D eigenvalue weighted by molar-refractivity contribution is 5.38. The van der Waals surface area contributed by atoms with Crippen LogP contribution in [0, 0.1) is 12.8 Å². The third-order valence-corrected chi connectivity index (χ3v) is 2.86. The largest absolute Gasteiger partial charge is 0.508 e. The number of phenols is 1. The lowest BCUT2D eigenvalue weighted by Crippen LogP contribution is -2.19. The van der Waals surface area contributed by atoms with Gasteiger partial charge in [0.15, 0.2) is 0 Å². The minimum atomic E-state index is 0.304. The number of aryl methyl sites for hydroxylation is 1. The van der Waals surface area contributed by atoms with Crippen molar-refractivity contribution in [1.29, 1.82) is 0 Å². The van der Waals surface area contributed by atoms with Gasteiger partial charge in [0, 0.05) is 0 Å². The van der Waals surface area contributed by atoms with Crippen molar-refractivity contribution in [3.05, 3.63) is 23.8 Å². The van der Waals surface area contributed by atoms with Crippen molar-refractivity contribution in [2.24, 2.45) is 5.92 Å². The molecule has 1 fully saturated rings. The molecular formula is C12H16O2. The van der Waals surface area contributed by atoms with E-state index in [1.807, 2.05) is 13.0 Å². The molecule has 1 aromatic rings. The van der Waals surface area contributed by atoms with Crippen LogP contribution in [0.1, 0.15) is 24.8 Å². The molecule has 0 saturated heterocycles. The predicted molar refractivity (Wildman–Crippen MR) is 55.7 cm³/mol. The van der Waals surface area contributed by atoms with Gasteiger partial charge in [0.25, 0.3) is 0 Å². The fourth-order valence-corrected chi connectivity index (χ4v) is 1.66. The highest BCUT2D eigenvalue weighted by Gasteiger charge is 2.18. The van der Waals surface area contributed by atoms with Crippen LogP contribution < -0.4 is 4.74 Å². The van der Waals surface area contributed by atoms with E-state index in [9.17, 15) is 5.11 Å².